The topological polar surface area (TPSA) is 140 Å². The largest absolute Gasteiger partial charge is 0.449 e. The van der Waals surface area contributed by atoms with Gasteiger partial charge in [0.05, 0.1) is 29.6 Å². The molecule has 0 saturated carbocycles. The highest BCUT2D eigenvalue weighted by Crippen LogP contribution is 2.18. The van der Waals surface area contributed by atoms with E-state index < -0.39 is 6.09 Å². The minimum absolute atomic E-state index is 0.216. The minimum Gasteiger partial charge on any atom is -0.449 e. The number of benzene rings is 4. The number of aliphatic hydroxyl groups is 1. The summed E-state index contributed by atoms with van der Waals surface area (Å²) in [7, 11) is 0. The van der Waals surface area contributed by atoms with E-state index in [1.54, 1.807) is 24.3 Å². The van der Waals surface area contributed by atoms with Crippen molar-refractivity contribution in [3.63, 3.8) is 0 Å². The monoisotopic (exact) mass is 609 g/mol. The van der Waals surface area contributed by atoms with Crippen LogP contribution in [-0.2, 0) is 37.1 Å². The lowest BCUT2D eigenvalue weighted by molar-refractivity contribution is -0.587. The van der Waals surface area contributed by atoms with Gasteiger partial charge in [-0.3, -0.25) is 5.32 Å². The maximum absolute atomic E-state index is 12.1. The van der Waals surface area contributed by atoms with Gasteiger partial charge >= 0.3 is 6.09 Å². The summed E-state index contributed by atoms with van der Waals surface area (Å²) in [4.78, 5) is 48.8. The molecular weight excluding hydrogens is 576 g/mol. The smallest absolute Gasteiger partial charge is 0.411 e. The number of hydrogen-bond donors (Lipinski definition) is 2. The van der Waals surface area contributed by atoms with Gasteiger partial charge in [-0.05, 0) is 96.5 Å². The van der Waals surface area contributed by atoms with Crippen molar-refractivity contribution in [1.29, 1.82) is 0 Å². The molecule has 0 aliphatic heterocycles. The Balaban J connectivity index is 1.00. The predicted octanol–water partition coefficient (Wildman–Crippen LogP) is 6.59. The van der Waals surface area contributed by atoms with Gasteiger partial charge in [0.2, 0.25) is 12.2 Å². The van der Waals surface area contributed by atoms with Gasteiger partial charge in [0.25, 0.3) is 6.73 Å². The van der Waals surface area contributed by atoms with E-state index in [0.717, 1.165) is 34.4 Å². The van der Waals surface area contributed by atoms with Crippen LogP contribution >= 0.6 is 0 Å². The molecule has 0 unspecified atom stereocenters. The second kappa shape index (κ2) is 18.3. The molecule has 0 radical (unpaired) electrons. The first-order valence-electron chi connectivity index (χ1n) is 14.3. The van der Waals surface area contributed by atoms with Crippen molar-refractivity contribution in [3.8, 4) is 0 Å². The molecule has 0 atom stereocenters. The number of nitrogens with zero attached hydrogens (tertiary/aromatic N) is 2. The van der Waals surface area contributed by atoms with Crippen molar-refractivity contribution in [1.82, 2.24) is 0 Å². The standard InChI is InChI=1S/C34H32N4O7/c39-23-35-30-11-3-26(4-12-30)21-28-7-15-32(16-8-28)37-25-44-45-43-20-2-1-19-42-34(41)38-33-17-9-29(10-18-33)22-27-5-13-31(14-6-27)36-24-40/h3-18,37H,1-2,19-22,25H2,(H,38,41)/p+1. The molecule has 0 aromatic heterocycles. The Labute approximate surface area is 260 Å². The quantitative estimate of drug-likeness (QED) is 0.0262. The summed E-state index contributed by atoms with van der Waals surface area (Å²) >= 11 is 0. The zero-order valence-electron chi connectivity index (χ0n) is 24.5. The lowest BCUT2D eigenvalue weighted by atomic mass is 10.0. The van der Waals surface area contributed by atoms with Gasteiger partial charge in [0, 0.05) is 11.4 Å². The number of aliphatic imine (C=N–C) groups is 2. The number of hydrogen-bond acceptors (Lipinski definition) is 9. The predicted molar refractivity (Wildman–Crippen MR) is 169 cm³/mol. The summed E-state index contributed by atoms with van der Waals surface area (Å²) in [5, 5.41) is 10.7. The van der Waals surface area contributed by atoms with Crippen LogP contribution in [0, 0.1) is 0 Å². The molecule has 0 fully saturated rings. The number of isocyanates is 2. The van der Waals surface area contributed by atoms with Crippen molar-refractivity contribution in [2.75, 3.05) is 30.6 Å². The molecule has 11 heteroatoms. The third-order valence-corrected chi connectivity index (χ3v) is 6.50. The summed E-state index contributed by atoms with van der Waals surface area (Å²) in [6, 6.07) is 30.2. The number of anilines is 2. The zero-order valence-corrected chi connectivity index (χ0v) is 24.5. The van der Waals surface area contributed by atoms with Crippen LogP contribution in [0.1, 0.15) is 35.1 Å². The van der Waals surface area contributed by atoms with Gasteiger partial charge in [0.15, 0.2) is 0 Å². The zero-order chi connectivity index (χ0) is 31.5. The van der Waals surface area contributed by atoms with E-state index >= 15 is 0 Å². The van der Waals surface area contributed by atoms with E-state index in [0.29, 0.717) is 42.9 Å². The van der Waals surface area contributed by atoms with Crippen molar-refractivity contribution < 1.29 is 33.9 Å². The molecular formula is C34H33N4O7+. The minimum atomic E-state index is -0.528. The Morgan fingerprint density at radius 1 is 0.644 bits per heavy atom. The van der Waals surface area contributed by atoms with Crippen LogP contribution in [0.15, 0.2) is 107 Å². The lowest BCUT2D eigenvalue weighted by Gasteiger charge is -2.08. The highest BCUT2D eigenvalue weighted by atomic mass is 17.5. The van der Waals surface area contributed by atoms with Crippen LogP contribution in [0.4, 0.5) is 27.5 Å². The molecule has 1 amide bonds. The number of ether oxygens (including phenoxy) is 1. The van der Waals surface area contributed by atoms with Crippen LogP contribution in [0.2, 0.25) is 0 Å². The molecule has 45 heavy (non-hydrogen) atoms. The Hall–Kier alpha value is -5.41. The number of amides is 1. The number of nitrogens with one attached hydrogen (secondary N) is 2. The van der Waals surface area contributed by atoms with Gasteiger partial charge in [-0.2, -0.15) is 14.9 Å². The Kier molecular flexibility index (Phi) is 13.2. The van der Waals surface area contributed by atoms with E-state index in [4.69, 9.17) is 14.7 Å². The SMILES string of the molecule is O=C=Nc1ccc(Cc2ccc(NC[OH+]OOCCCCOC(=O)Nc3ccc(Cc4ccc(N=C=O)cc4)cc3)cc2)cc1. The van der Waals surface area contributed by atoms with Crippen LogP contribution < -0.4 is 10.6 Å². The Bertz CT molecular complexity index is 1580. The maximum atomic E-state index is 12.1. The van der Waals surface area contributed by atoms with E-state index in [1.165, 1.54) is 12.2 Å². The van der Waals surface area contributed by atoms with Crippen LogP contribution in [0.3, 0.4) is 0 Å². The normalized spacial score (nSPS) is 10.3. The van der Waals surface area contributed by atoms with Crippen molar-refractivity contribution in [3.05, 3.63) is 119 Å². The summed E-state index contributed by atoms with van der Waals surface area (Å²) in [5.74, 6) is 0. The van der Waals surface area contributed by atoms with E-state index in [2.05, 4.69) is 25.5 Å². The summed E-state index contributed by atoms with van der Waals surface area (Å²) < 4.78 is 5.22. The van der Waals surface area contributed by atoms with Crippen molar-refractivity contribution >= 4 is 41.0 Å². The van der Waals surface area contributed by atoms with Crippen LogP contribution in [0.5, 0.6) is 0 Å². The molecule has 0 aliphatic rings. The van der Waals surface area contributed by atoms with Gasteiger partial charge < -0.3 is 10.1 Å². The summed E-state index contributed by atoms with van der Waals surface area (Å²) in [6.45, 7) is 0.764. The Morgan fingerprint density at radius 3 is 1.62 bits per heavy atom. The fourth-order valence-electron chi connectivity index (χ4n) is 4.21. The van der Waals surface area contributed by atoms with Gasteiger partial charge in [-0.25, -0.2) is 19.3 Å². The van der Waals surface area contributed by atoms with Crippen molar-refractivity contribution in [2.24, 2.45) is 9.98 Å². The first-order chi connectivity index (χ1) is 22.1. The molecule has 3 N–H and O–H groups in total. The fraction of sp³-hybridized carbons (Fsp3) is 0.206. The average molecular weight is 610 g/mol. The average Bonchev–Trinajstić information content (AvgIpc) is 3.06. The van der Waals surface area contributed by atoms with Crippen LogP contribution in [0.25, 0.3) is 0 Å². The number of unbranched alkanes of at least 4 members (excludes halogenated alkanes) is 1. The number of carbonyl (C=O) groups excluding carboxylic acids is 3. The highest BCUT2D eigenvalue weighted by Gasteiger charge is 2.05. The molecule has 230 valence electrons. The number of carbonyl (C=O) groups is 1. The molecule has 0 aliphatic carbocycles. The summed E-state index contributed by atoms with van der Waals surface area (Å²) in [5.41, 5.74) is 7.08. The third-order valence-electron chi connectivity index (χ3n) is 6.50. The molecule has 11 nitrogen and oxygen atoms in total. The molecule has 0 saturated heterocycles. The van der Waals surface area contributed by atoms with E-state index in [1.807, 2.05) is 72.8 Å². The van der Waals surface area contributed by atoms with E-state index in [9.17, 15) is 14.4 Å². The van der Waals surface area contributed by atoms with Gasteiger partial charge in [-0.15, -0.1) is 0 Å². The second-order valence-electron chi connectivity index (χ2n) is 9.82. The van der Waals surface area contributed by atoms with Gasteiger partial charge in [0.1, 0.15) is 0 Å². The molecule has 0 spiro atoms. The highest BCUT2D eigenvalue weighted by molar-refractivity contribution is 5.84. The number of rotatable bonds is 17. The Morgan fingerprint density at radius 2 is 1.11 bits per heavy atom. The molecule has 0 heterocycles. The summed E-state index contributed by atoms with van der Waals surface area (Å²) in [6.07, 6.45) is 5.23. The molecule has 4 rings (SSSR count). The van der Waals surface area contributed by atoms with Crippen LogP contribution in [-0.4, -0.2) is 43.1 Å². The van der Waals surface area contributed by atoms with Crippen molar-refractivity contribution in [2.45, 2.75) is 25.7 Å². The first-order valence-corrected chi connectivity index (χ1v) is 14.3. The first kappa shape index (κ1) is 32.5. The lowest BCUT2D eigenvalue weighted by Crippen LogP contribution is -2.15. The second-order valence-corrected chi connectivity index (χ2v) is 9.82. The molecule has 0 bridgehead atoms. The molecule has 4 aromatic rings. The van der Waals surface area contributed by atoms with Gasteiger partial charge in [-0.1, -0.05) is 48.5 Å². The fourth-order valence-corrected chi connectivity index (χ4v) is 4.21. The molecule has 4 aromatic carbocycles. The van der Waals surface area contributed by atoms with E-state index in [-0.39, 0.29) is 13.3 Å². The third kappa shape index (κ3) is 12.0. The maximum Gasteiger partial charge on any atom is 0.411 e.